The van der Waals surface area contributed by atoms with E-state index in [9.17, 15) is 4.79 Å². The lowest BCUT2D eigenvalue weighted by Gasteiger charge is -2.31. The van der Waals surface area contributed by atoms with E-state index in [0.717, 1.165) is 48.8 Å². The van der Waals surface area contributed by atoms with Gasteiger partial charge in [0.15, 0.2) is 0 Å². The summed E-state index contributed by atoms with van der Waals surface area (Å²) in [5.41, 5.74) is 4.45. The van der Waals surface area contributed by atoms with Crippen molar-refractivity contribution < 1.29 is 4.79 Å². The molecule has 0 unspecified atom stereocenters. The van der Waals surface area contributed by atoms with Gasteiger partial charge in [0.2, 0.25) is 0 Å². The predicted octanol–water partition coefficient (Wildman–Crippen LogP) is 3.65. The molecule has 0 atom stereocenters. The molecule has 1 N–H and O–H groups in total. The van der Waals surface area contributed by atoms with E-state index in [4.69, 9.17) is 0 Å². The lowest BCUT2D eigenvalue weighted by Crippen LogP contribution is -2.33. The van der Waals surface area contributed by atoms with Crippen molar-refractivity contribution >= 4 is 23.0 Å². The highest BCUT2D eigenvalue weighted by atomic mass is 16.1. The average molecular weight is 305 g/mol. The van der Waals surface area contributed by atoms with Crippen molar-refractivity contribution in [2.24, 2.45) is 5.92 Å². The van der Waals surface area contributed by atoms with Gasteiger partial charge in [-0.05, 0) is 42.7 Å². The van der Waals surface area contributed by atoms with Crippen LogP contribution in [0.15, 0.2) is 48.8 Å². The van der Waals surface area contributed by atoms with E-state index in [1.807, 2.05) is 18.5 Å². The zero-order valence-corrected chi connectivity index (χ0v) is 12.9. The molecule has 0 aliphatic carbocycles. The zero-order chi connectivity index (χ0) is 15.6. The molecule has 23 heavy (non-hydrogen) atoms. The first-order chi connectivity index (χ1) is 11.3. The monoisotopic (exact) mass is 305 g/mol. The zero-order valence-electron chi connectivity index (χ0n) is 12.9. The molecule has 1 fully saturated rings. The quantitative estimate of drug-likeness (QED) is 0.752. The summed E-state index contributed by atoms with van der Waals surface area (Å²) in [6.45, 7) is 1.92. The standard InChI is InChI=1S/C19H19N3O/c23-13-14-6-9-22(10-7-14)18-3-1-15(2-4-18)17-11-16-5-8-20-19(16)21-12-17/h1-5,8,11-14H,6-7,9-10H2,(H,20,21). The van der Waals surface area contributed by atoms with Gasteiger partial charge in [0, 0.05) is 48.0 Å². The summed E-state index contributed by atoms with van der Waals surface area (Å²) in [6.07, 6.45) is 6.83. The van der Waals surface area contributed by atoms with Crippen LogP contribution in [0.1, 0.15) is 12.8 Å². The highest BCUT2D eigenvalue weighted by Crippen LogP contribution is 2.27. The Morgan fingerprint density at radius 1 is 1.09 bits per heavy atom. The van der Waals surface area contributed by atoms with Gasteiger partial charge < -0.3 is 14.7 Å². The van der Waals surface area contributed by atoms with E-state index >= 15 is 0 Å². The summed E-state index contributed by atoms with van der Waals surface area (Å²) in [5, 5.41) is 1.13. The fourth-order valence-corrected chi connectivity index (χ4v) is 3.26. The number of anilines is 1. The van der Waals surface area contributed by atoms with E-state index < -0.39 is 0 Å². The minimum Gasteiger partial charge on any atom is -0.371 e. The van der Waals surface area contributed by atoms with Crippen LogP contribution in [0.3, 0.4) is 0 Å². The molecule has 0 saturated carbocycles. The number of hydrogen-bond acceptors (Lipinski definition) is 3. The molecule has 3 heterocycles. The number of pyridine rings is 1. The maximum absolute atomic E-state index is 10.9. The lowest BCUT2D eigenvalue weighted by atomic mass is 9.98. The maximum Gasteiger partial charge on any atom is 0.137 e. The first kappa shape index (κ1) is 14.0. The number of nitrogens with zero attached hydrogens (tertiary/aromatic N) is 2. The van der Waals surface area contributed by atoms with Crippen LogP contribution in [0.5, 0.6) is 0 Å². The fourth-order valence-electron chi connectivity index (χ4n) is 3.26. The molecular weight excluding hydrogens is 286 g/mol. The summed E-state index contributed by atoms with van der Waals surface area (Å²) in [4.78, 5) is 20.8. The average Bonchev–Trinajstić information content (AvgIpc) is 3.10. The number of aldehydes is 1. The third-order valence-corrected chi connectivity index (χ3v) is 4.70. The number of rotatable bonds is 3. The summed E-state index contributed by atoms with van der Waals surface area (Å²) in [5.74, 6) is 0.240. The molecule has 116 valence electrons. The van der Waals surface area contributed by atoms with Gasteiger partial charge in [0.1, 0.15) is 11.9 Å². The minimum atomic E-state index is 0.240. The third-order valence-electron chi connectivity index (χ3n) is 4.70. The van der Waals surface area contributed by atoms with Crippen molar-refractivity contribution in [3.05, 3.63) is 48.8 Å². The van der Waals surface area contributed by atoms with Crippen LogP contribution in [0.25, 0.3) is 22.2 Å². The highest BCUT2D eigenvalue weighted by Gasteiger charge is 2.18. The molecule has 0 bridgehead atoms. The largest absolute Gasteiger partial charge is 0.371 e. The van der Waals surface area contributed by atoms with Crippen molar-refractivity contribution in [3.63, 3.8) is 0 Å². The highest BCUT2D eigenvalue weighted by molar-refractivity contribution is 5.81. The van der Waals surface area contributed by atoms with Gasteiger partial charge in [0.05, 0.1) is 0 Å². The molecule has 0 spiro atoms. The second-order valence-electron chi connectivity index (χ2n) is 6.15. The number of aromatic amines is 1. The molecule has 1 aromatic carbocycles. The van der Waals surface area contributed by atoms with Crippen LogP contribution >= 0.6 is 0 Å². The number of nitrogens with one attached hydrogen (secondary N) is 1. The molecule has 0 amide bonds. The molecule has 4 heteroatoms. The SMILES string of the molecule is O=CC1CCN(c2ccc(-c3cnc4[nH]ccc4c3)cc2)CC1. The maximum atomic E-state index is 10.9. The molecule has 2 aromatic heterocycles. The number of H-pyrrole nitrogens is 1. The molecule has 3 aromatic rings. The molecule has 4 rings (SSSR count). The van der Waals surface area contributed by atoms with Gasteiger partial charge in [-0.25, -0.2) is 4.98 Å². The van der Waals surface area contributed by atoms with Gasteiger partial charge >= 0.3 is 0 Å². The lowest BCUT2D eigenvalue weighted by molar-refractivity contribution is -0.111. The second kappa shape index (κ2) is 5.88. The predicted molar refractivity (Wildman–Crippen MR) is 92.5 cm³/mol. The van der Waals surface area contributed by atoms with E-state index in [1.54, 1.807) is 0 Å². The number of carbonyl (C=O) groups is 1. The molecule has 1 saturated heterocycles. The van der Waals surface area contributed by atoms with Gasteiger partial charge in [-0.2, -0.15) is 0 Å². The summed E-state index contributed by atoms with van der Waals surface area (Å²) >= 11 is 0. The number of carbonyl (C=O) groups excluding carboxylic acids is 1. The van der Waals surface area contributed by atoms with Crippen LogP contribution < -0.4 is 4.90 Å². The molecule has 0 radical (unpaired) electrons. The van der Waals surface area contributed by atoms with E-state index in [1.165, 1.54) is 11.3 Å². The van der Waals surface area contributed by atoms with E-state index in [2.05, 4.69) is 45.2 Å². The Labute approximate surface area is 135 Å². The van der Waals surface area contributed by atoms with Crippen molar-refractivity contribution in [1.82, 2.24) is 9.97 Å². The smallest absolute Gasteiger partial charge is 0.137 e. The van der Waals surface area contributed by atoms with Crippen molar-refractivity contribution in [1.29, 1.82) is 0 Å². The van der Waals surface area contributed by atoms with Gasteiger partial charge in [-0.3, -0.25) is 0 Å². The summed E-state index contributed by atoms with van der Waals surface area (Å²) in [7, 11) is 0. The third kappa shape index (κ3) is 2.72. The summed E-state index contributed by atoms with van der Waals surface area (Å²) < 4.78 is 0. The van der Waals surface area contributed by atoms with Gasteiger partial charge in [0.25, 0.3) is 0 Å². The number of piperidine rings is 1. The topological polar surface area (TPSA) is 49.0 Å². The van der Waals surface area contributed by atoms with Crippen LogP contribution in [0, 0.1) is 5.92 Å². The first-order valence-electron chi connectivity index (χ1n) is 8.07. The minimum absolute atomic E-state index is 0.240. The van der Waals surface area contributed by atoms with Crippen LogP contribution in [-0.4, -0.2) is 29.3 Å². The fraction of sp³-hybridized carbons (Fsp3) is 0.263. The molecule has 1 aliphatic rings. The van der Waals surface area contributed by atoms with Crippen LogP contribution in [-0.2, 0) is 4.79 Å². The van der Waals surface area contributed by atoms with Crippen molar-refractivity contribution in [2.45, 2.75) is 12.8 Å². The van der Waals surface area contributed by atoms with Gasteiger partial charge in [-0.15, -0.1) is 0 Å². The van der Waals surface area contributed by atoms with Crippen LogP contribution in [0.4, 0.5) is 5.69 Å². The van der Waals surface area contributed by atoms with Gasteiger partial charge in [-0.1, -0.05) is 12.1 Å². The number of aromatic nitrogens is 2. The number of hydrogen-bond donors (Lipinski definition) is 1. The van der Waals surface area contributed by atoms with Crippen LogP contribution in [0.2, 0.25) is 0 Å². The second-order valence-corrected chi connectivity index (χ2v) is 6.15. The van der Waals surface area contributed by atoms with E-state index in [0.29, 0.717) is 0 Å². The molecule has 1 aliphatic heterocycles. The van der Waals surface area contributed by atoms with Crippen molar-refractivity contribution in [2.75, 3.05) is 18.0 Å². The Morgan fingerprint density at radius 2 is 1.87 bits per heavy atom. The van der Waals surface area contributed by atoms with E-state index in [-0.39, 0.29) is 5.92 Å². The Morgan fingerprint density at radius 3 is 2.61 bits per heavy atom. The van der Waals surface area contributed by atoms with Crippen molar-refractivity contribution in [3.8, 4) is 11.1 Å². The first-order valence-corrected chi connectivity index (χ1v) is 8.07. The Balaban J connectivity index is 1.54. The Bertz CT molecular complexity index is 814. The Hall–Kier alpha value is -2.62. The normalized spacial score (nSPS) is 15.9. The Kier molecular flexibility index (Phi) is 3.58. The number of benzene rings is 1. The molecule has 4 nitrogen and oxygen atoms in total. The summed E-state index contributed by atoms with van der Waals surface area (Å²) in [6, 6.07) is 12.8. The number of fused-ring (bicyclic) bond motifs is 1. The molecular formula is C19H19N3O.